The number of amides is 2. The van der Waals surface area contributed by atoms with Crippen molar-refractivity contribution in [3.63, 3.8) is 0 Å². The summed E-state index contributed by atoms with van der Waals surface area (Å²) in [5, 5.41) is 0.512. The van der Waals surface area contributed by atoms with E-state index in [0.29, 0.717) is 41.2 Å². The SMILES string of the molecule is O=C(c1ccc(F)cc1)N1CCCN2C(=O)c3cccc(F)c3CC12c1ccc(Cl)cc1. The Hall–Kier alpha value is -3.25. The third-order valence-electron chi connectivity index (χ3n) is 6.32. The van der Waals surface area contributed by atoms with Crippen LogP contribution in [0.1, 0.15) is 38.3 Å². The number of halogens is 3. The molecule has 1 saturated heterocycles. The van der Waals surface area contributed by atoms with Crippen molar-refractivity contribution in [1.82, 2.24) is 9.80 Å². The first-order chi connectivity index (χ1) is 15.4. The van der Waals surface area contributed by atoms with Gasteiger partial charge in [-0.2, -0.15) is 0 Å². The number of hydrogen-bond acceptors (Lipinski definition) is 2. The Morgan fingerprint density at radius 1 is 0.938 bits per heavy atom. The molecule has 0 radical (unpaired) electrons. The molecule has 0 saturated carbocycles. The van der Waals surface area contributed by atoms with Gasteiger partial charge in [-0.25, -0.2) is 8.78 Å². The minimum atomic E-state index is -1.22. The zero-order valence-electron chi connectivity index (χ0n) is 17.0. The molecule has 0 N–H and O–H groups in total. The number of hydrogen-bond donors (Lipinski definition) is 0. The lowest BCUT2D eigenvalue weighted by atomic mass is 9.80. The van der Waals surface area contributed by atoms with Crippen LogP contribution in [0.5, 0.6) is 0 Å². The lowest BCUT2D eigenvalue weighted by Crippen LogP contribution is -2.68. The van der Waals surface area contributed by atoms with Crippen molar-refractivity contribution in [3.05, 3.63) is 106 Å². The topological polar surface area (TPSA) is 40.6 Å². The van der Waals surface area contributed by atoms with Gasteiger partial charge in [-0.05, 0) is 60.5 Å². The highest BCUT2D eigenvalue weighted by Gasteiger charge is 2.54. The second kappa shape index (κ2) is 7.71. The average Bonchev–Trinajstić information content (AvgIpc) is 2.80. The Labute approximate surface area is 189 Å². The molecule has 1 fully saturated rings. The lowest BCUT2D eigenvalue weighted by Gasteiger charge is -2.56. The smallest absolute Gasteiger partial charge is 0.256 e. The second-order valence-electron chi connectivity index (χ2n) is 8.04. The van der Waals surface area contributed by atoms with E-state index in [1.54, 1.807) is 40.1 Å². The minimum absolute atomic E-state index is 0.106. The van der Waals surface area contributed by atoms with Gasteiger partial charge in [-0.1, -0.05) is 29.8 Å². The molecule has 2 amide bonds. The molecule has 32 heavy (non-hydrogen) atoms. The predicted octanol–water partition coefficient (Wildman–Crippen LogP) is 5.02. The van der Waals surface area contributed by atoms with Crippen LogP contribution in [0.2, 0.25) is 5.02 Å². The first-order valence-electron chi connectivity index (χ1n) is 10.3. The largest absolute Gasteiger partial charge is 0.311 e. The van der Waals surface area contributed by atoms with Gasteiger partial charge in [-0.15, -0.1) is 0 Å². The van der Waals surface area contributed by atoms with Crippen LogP contribution >= 0.6 is 11.6 Å². The van der Waals surface area contributed by atoms with Crippen molar-refractivity contribution >= 4 is 23.4 Å². The van der Waals surface area contributed by atoms with Crippen molar-refractivity contribution in [1.29, 1.82) is 0 Å². The van der Waals surface area contributed by atoms with E-state index < -0.39 is 17.3 Å². The normalized spacial score (nSPS) is 20.0. The van der Waals surface area contributed by atoms with Gasteiger partial charge in [0.2, 0.25) is 0 Å². The molecule has 0 bridgehead atoms. The highest BCUT2D eigenvalue weighted by atomic mass is 35.5. The zero-order chi connectivity index (χ0) is 22.5. The maximum atomic E-state index is 14.9. The van der Waals surface area contributed by atoms with E-state index in [9.17, 15) is 18.4 Å². The van der Waals surface area contributed by atoms with Crippen LogP contribution < -0.4 is 0 Å². The van der Waals surface area contributed by atoms with Crippen molar-refractivity contribution in [2.75, 3.05) is 13.1 Å². The second-order valence-corrected chi connectivity index (χ2v) is 8.48. The van der Waals surface area contributed by atoms with Crippen LogP contribution in [-0.4, -0.2) is 34.7 Å². The summed E-state index contributed by atoms with van der Waals surface area (Å²) in [6.07, 6.45) is 0.675. The molecule has 1 atom stereocenters. The van der Waals surface area contributed by atoms with Gasteiger partial charge in [0.05, 0.1) is 0 Å². The van der Waals surface area contributed by atoms with Crippen LogP contribution in [0.4, 0.5) is 8.78 Å². The van der Waals surface area contributed by atoms with E-state index in [-0.39, 0.29) is 23.8 Å². The lowest BCUT2D eigenvalue weighted by molar-refractivity contribution is -0.0626. The summed E-state index contributed by atoms with van der Waals surface area (Å²) in [5.41, 5.74) is 0.335. The van der Waals surface area contributed by atoms with Crippen LogP contribution in [-0.2, 0) is 12.1 Å². The molecule has 2 heterocycles. The number of benzene rings is 3. The third kappa shape index (κ3) is 3.09. The van der Waals surface area contributed by atoms with Crippen molar-refractivity contribution in [2.24, 2.45) is 0 Å². The first kappa shape index (κ1) is 20.6. The van der Waals surface area contributed by atoms with Crippen molar-refractivity contribution < 1.29 is 18.4 Å². The fraction of sp³-hybridized carbons (Fsp3) is 0.200. The Morgan fingerprint density at radius 3 is 2.38 bits per heavy atom. The van der Waals surface area contributed by atoms with Gasteiger partial charge in [-0.3, -0.25) is 9.59 Å². The van der Waals surface area contributed by atoms with E-state index in [1.807, 2.05) is 0 Å². The number of nitrogens with zero attached hydrogens (tertiary/aromatic N) is 2. The highest BCUT2D eigenvalue weighted by Crippen LogP contribution is 2.45. The molecule has 1 unspecified atom stereocenters. The summed E-state index contributed by atoms with van der Waals surface area (Å²) in [6, 6.07) is 16.7. The molecule has 0 aromatic heterocycles. The summed E-state index contributed by atoms with van der Waals surface area (Å²) in [6.45, 7) is 0.789. The van der Waals surface area contributed by atoms with Crippen molar-refractivity contribution in [2.45, 2.75) is 18.5 Å². The Kier molecular flexibility index (Phi) is 4.97. The van der Waals surface area contributed by atoms with Gasteiger partial charge >= 0.3 is 0 Å². The van der Waals surface area contributed by atoms with Gasteiger partial charge in [0.25, 0.3) is 11.8 Å². The van der Waals surface area contributed by atoms with E-state index in [2.05, 4.69) is 0 Å². The predicted molar refractivity (Wildman–Crippen MR) is 116 cm³/mol. The first-order valence-corrected chi connectivity index (χ1v) is 10.7. The number of rotatable bonds is 2. The van der Waals surface area contributed by atoms with Gasteiger partial charge in [0.15, 0.2) is 0 Å². The summed E-state index contributed by atoms with van der Waals surface area (Å²) in [4.78, 5) is 30.5. The summed E-state index contributed by atoms with van der Waals surface area (Å²) in [5.74, 6) is -1.60. The van der Waals surface area contributed by atoms with Crippen LogP contribution in [0.25, 0.3) is 0 Å². The molecular weight excluding hydrogens is 434 g/mol. The molecule has 7 heteroatoms. The highest BCUT2D eigenvalue weighted by molar-refractivity contribution is 6.30. The average molecular weight is 453 g/mol. The molecule has 162 valence electrons. The van der Waals surface area contributed by atoms with E-state index in [1.165, 1.54) is 36.4 Å². The molecule has 4 nitrogen and oxygen atoms in total. The monoisotopic (exact) mass is 452 g/mol. The number of carbonyl (C=O) groups is 2. The van der Waals surface area contributed by atoms with Crippen LogP contribution in [0.3, 0.4) is 0 Å². The molecule has 2 aliphatic heterocycles. The molecule has 2 aliphatic rings. The maximum Gasteiger partial charge on any atom is 0.256 e. The van der Waals surface area contributed by atoms with E-state index in [0.717, 1.165) is 0 Å². The summed E-state index contributed by atoms with van der Waals surface area (Å²) < 4.78 is 28.4. The van der Waals surface area contributed by atoms with Gasteiger partial charge in [0.1, 0.15) is 17.3 Å². The Morgan fingerprint density at radius 2 is 1.66 bits per heavy atom. The summed E-state index contributed by atoms with van der Waals surface area (Å²) >= 11 is 6.11. The minimum Gasteiger partial charge on any atom is -0.311 e. The quantitative estimate of drug-likeness (QED) is 0.548. The fourth-order valence-corrected chi connectivity index (χ4v) is 4.97. The maximum absolute atomic E-state index is 14.9. The molecule has 0 spiro atoms. The van der Waals surface area contributed by atoms with E-state index in [4.69, 9.17) is 11.6 Å². The Bertz CT molecular complexity index is 1210. The molecular formula is C25H19ClF2N2O2. The fourth-order valence-electron chi connectivity index (χ4n) is 4.84. The zero-order valence-corrected chi connectivity index (χ0v) is 17.8. The van der Waals surface area contributed by atoms with Crippen molar-refractivity contribution in [3.8, 4) is 0 Å². The van der Waals surface area contributed by atoms with Crippen LogP contribution in [0, 0.1) is 11.6 Å². The standard InChI is InChI=1S/C25H19ClF2N2O2/c26-18-9-7-17(8-10-18)25-15-21-20(3-1-4-22(21)28)24(32)30(25)14-2-13-29(25)23(31)16-5-11-19(27)12-6-16/h1,3-12H,2,13-15H2. The molecule has 3 aromatic rings. The van der Waals surface area contributed by atoms with Gasteiger partial charge < -0.3 is 9.80 Å². The third-order valence-corrected chi connectivity index (χ3v) is 6.57. The molecule has 0 aliphatic carbocycles. The van der Waals surface area contributed by atoms with Gasteiger partial charge in [0, 0.05) is 41.2 Å². The van der Waals surface area contributed by atoms with E-state index >= 15 is 0 Å². The Balaban J connectivity index is 1.73. The van der Waals surface area contributed by atoms with Crippen LogP contribution in [0.15, 0.2) is 66.7 Å². The number of carbonyl (C=O) groups excluding carboxylic acids is 2. The molecule has 5 rings (SSSR count). The molecule has 3 aromatic carbocycles. The number of fused-ring (bicyclic) bond motifs is 2. The summed E-state index contributed by atoms with van der Waals surface area (Å²) in [7, 11) is 0.